The van der Waals surface area contributed by atoms with Gasteiger partial charge < -0.3 is 5.11 Å². The summed E-state index contributed by atoms with van der Waals surface area (Å²) in [5.74, 6) is 1.14. The third kappa shape index (κ3) is 1.87. The first kappa shape index (κ1) is 11.2. The lowest BCUT2D eigenvalue weighted by Crippen LogP contribution is -2.44. The average molecular weight is 208 g/mol. The molecule has 1 fully saturated rings. The Labute approximate surface area is 93.6 Å². The molecule has 0 bridgehead atoms. The number of hydrogen-bond donors (Lipinski definition) is 1. The van der Waals surface area contributed by atoms with E-state index in [0.29, 0.717) is 17.3 Å². The first-order chi connectivity index (χ1) is 6.83. The molecule has 1 heteroatoms. The Morgan fingerprint density at radius 2 is 2.00 bits per heavy atom. The van der Waals surface area contributed by atoms with Gasteiger partial charge in [0.15, 0.2) is 0 Å². The summed E-state index contributed by atoms with van der Waals surface area (Å²) >= 11 is 0. The van der Waals surface area contributed by atoms with Gasteiger partial charge in [-0.3, -0.25) is 0 Å². The molecular formula is C14H24O. The SMILES string of the molecule is C[C@H]1C[C@H]2C(=CCCC2(C)C)C[C@]1(C)O. The second-order valence-electron chi connectivity index (χ2n) is 6.53. The lowest BCUT2D eigenvalue weighted by atomic mass is 9.58. The van der Waals surface area contributed by atoms with Gasteiger partial charge in [0.05, 0.1) is 5.60 Å². The van der Waals surface area contributed by atoms with Crippen molar-refractivity contribution in [2.45, 2.75) is 59.0 Å². The summed E-state index contributed by atoms with van der Waals surface area (Å²) in [5.41, 5.74) is 1.49. The summed E-state index contributed by atoms with van der Waals surface area (Å²) in [7, 11) is 0. The second-order valence-corrected chi connectivity index (χ2v) is 6.53. The molecule has 0 spiro atoms. The van der Waals surface area contributed by atoms with Crippen LogP contribution in [0.25, 0.3) is 0 Å². The molecule has 0 radical (unpaired) electrons. The Morgan fingerprint density at radius 1 is 1.33 bits per heavy atom. The van der Waals surface area contributed by atoms with Crippen LogP contribution in [0.4, 0.5) is 0 Å². The van der Waals surface area contributed by atoms with Crippen LogP contribution in [-0.4, -0.2) is 10.7 Å². The molecule has 0 saturated heterocycles. The smallest absolute Gasteiger partial charge is 0.0682 e. The number of hydrogen-bond acceptors (Lipinski definition) is 1. The van der Waals surface area contributed by atoms with Gasteiger partial charge in [0, 0.05) is 0 Å². The molecule has 0 aromatic rings. The van der Waals surface area contributed by atoms with Gasteiger partial charge in [0.2, 0.25) is 0 Å². The van der Waals surface area contributed by atoms with Crippen molar-refractivity contribution in [2.24, 2.45) is 17.3 Å². The van der Waals surface area contributed by atoms with E-state index in [-0.39, 0.29) is 0 Å². The minimum Gasteiger partial charge on any atom is -0.390 e. The van der Waals surface area contributed by atoms with Crippen molar-refractivity contribution in [3.63, 3.8) is 0 Å². The van der Waals surface area contributed by atoms with Crippen LogP contribution in [-0.2, 0) is 0 Å². The van der Waals surface area contributed by atoms with Gasteiger partial charge in [-0.25, -0.2) is 0 Å². The molecule has 1 saturated carbocycles. The molecule has 0 aliphatic heterocycles. The summed E-state index contributed by atoms with van der Waals surface area (Å²) in [4.78, 5) is 0. The van der Waals surface area contributed by atoms with Crippen molar-refractivity contribution in [3.8, 4) is 0 Å². The zero-order valence-corrected chi connectivity index (χ0v) is 10.5. The Morgan fingerprint density at radius 3 is 2.67 bits per heavy atom. The van der Waals surface area contributed by atoms with E-state index in [2.05, 4.69) is 26.8 Å². The predicted molar refractivity (Wildman–Crippen MR) is 63.6 cm³/mol. The molecule has 0 amide bonds. The third-order valence-corrected chi connectivity index (χ3v) is 4.80. The minimum atomic E-state index is -0.476. The predicted octanol–water partition coefficient (Wildman–Crippen LogP) is 3.53. The van der Waals surface area contributed by atoms with Crippen LogP contribution in [0.15, 0.2) is 11.6 Å². The van der Waals surface area contributed by atoms with Gasteiger partial charge in [-0.1, -0.05) is 32.4 Å². The maximum atomic E-state index is 10.3. The van der Waals surface area contributed by atoms with Crippen molar-refractivity contribution >= 4 is 0 Å². The van der Waals surface area contributed by atoms with Gasteiger partial charge in [0.25, 0.3) is 0 Å². The monoisotopic (exact) mass is 208 g/mol. The first-order valence-corrected chi connectivity index (χ1v) is 6.24. The molecule has 2 aliphatic rings. The van der Waals surface area contributed by atoms with Gasteiger partial charge in [-0.05, 0) is 49.9 Å². The number of fused-ring (bicyclic) bond motifs is 1. The van der Waals surface area contributed by atoms with Crippen LogP contribution in [0, 0.1) is 17.3 Å². The van der Waals surface area contributed by atoms with Crippen LogP contribution in [0.1, 0.15) is 53.4 Å². The Hall–Kier alpha value is -0.300. The summed E-state index contributed by atoms with van der Waals surface area (Å²) in [5, 5.41) is 10.3. The largest absolute Gasteiger partial charge is 0.390 e. The summed E-state index contributed by atoms with van der Waals surface area (Å²) < 4.78 is 0. The molecule has 0 heterocycles. The molecule has 0 unspecified atom stereocenters. The Balaban J connectivity index is 2.27. The number of rotatable bonds is 0. The highest BCUT2D eigenvalue weighted by Crippen LogP contribution is 2.51. The van der Waals surface area contributed by atoms with Gasteiger partial charge in [-0.2, -0.15) is 0 Å². The normalized spacial score (nSPS) is 44.5. The van der Waals surface area contributed by atoms with E-state index >= 15 is 0 Å². The number of aliphatic hydroxyl groups is 1. The lowest BCUT2D eigenvalue weighted by molar-refractivity contribution is -0.0353. The number of allylic oxidation sites excluding steroid dienone is 1. The maximum absolute atomic E-state index is 10.3. The molecule has 3 atom stereocenters. The Bertz CT molecular complexity index is 286. The maximum Gasteiger partial charge on any atom is 0.0682 e. The van der Waals surface area contributed by atoms with E-state index < -0.39 is 5.60 Å². The van der Waals surface area contributed by atoms with Crippen LogP contribution in [0.3, 0.4) is 0 Å². The standard InChI is InChI=1S/C14H24O/c1-10-8-12-11(9-14(10,4)15)6-5-7-13(12,2)3/h6,10,12,15H,5,7-9H2,1-4H3/t10-,12-,14-/m0/s1. The molecule has 86 valence electrons. The molecule has 0 aromatic heterocycles. The highest BCUT2D eigenvalue weighted by atomic mass is 16.3. The zero-order valence-electron chi connectivity index (χ0n) is 10.5. The van der Waals surface area contributed by atoms with Crippen LogP contribution < -0.4 is 0 Å². The quantitative estimate of drug-likeness (QED) is 0.604. The highest BCUT2D eigenvalue weighted by Gasteiger charge is 2.44. The summed E-state index contributed by atoms with van der Waals surface area (Å²) in [6, 6.07) is 0. The lowest BCUT2D eigenvalue weighted by Gasteiger charge is -2.49. The molecule has 2 rings (SSSR count). The topological polar surface area (TPSA) is 20.2 Å². The van der Waals surface area contributed by atoms with E-state index in [1.807, 2.05) is 6.92 Å². The molecule has 2 aliphatic carbocycles. The third-order valence-electron chi connectivity index (χ3n) is 4.80. The van der Waals surface area contributed by atoms with Crippen molar-refractivity contribution in [3.05, 3.63) is 11.6 Å². The van der Waals surface area contributed by atoms with Gasteiger partial charge in [0.1, 0.15) is 0 Å². The van der Waals surface area contributed by atoms with Crippen molar-refractivity contribution < 1.29 is 5.11 Å². The molecule has 0 aromatic carbocycles. The van der Waals surface area contributed by atoms with Crippen molar-refractivity contribution in [1.29, 1.82) is 0 Å². The highest BCUT2D eigenvalue weighted by molar-refractivity contribution is 5.20. The molecule has 15 heavy (non-hydrogen) atoms. The Kier molecular flexibility index (Phi) is 2.50. The fraction of sp³-hybridized carbons (Fsp3) is 0.857. The second kappa shape index (κ2) is 3.35. The van der Waals surface area contributed by atoms with E-state index in [1.165, 1.54) is 18.4 Å². The zero-order chi connectivity index (χ0) is 11.3. The van der Waals surface area contributed by atoms with E-state index in [9.17, 15) is 5.11 Å². The van der Waals surface area contributed by atoms with Crippen LogP contribution in [0.2, 0.25) is 0 Å². The van der Waals surface area contributed by atoms with E-state index in [1.54, 1.807) is 0 Å². The van der Waals surface area contributed by atoms with Crippen molar-refractivity contribution in [2.75, 3.05) is 0 Å². The molecule has 1 N–H and O–H groups in total. The van der Waals surface area contributed by atoms with E-state index in [4.69, 9.17) is 0 Å². The fourth-order valence-corrected chi connectivity index (χ4v) is 3.31. The summed E-state index contributed by atoms with van der Waals surface area (Å²) in [6.07, 6.45) is 6.93. The average Bonchev–Trinajstić information content (AvgIpc) is 2.08. The van der Waals surface area contributed by atoms with Crippen LogP contribution >= 0.6 is 0 Å². The van der Waals surface area contributed by atoms with Crippen molar-refractivity contribution in [1.82, 2.24) is 0 Å². The van der Waals surface area contributed by atoms with Crippen LogP contribution in [0.5, 0.6) is 0 Å². The van der Waals surface area contributed by atoms with E-state index in [0.717, 1.165) is 12.8 Å². The molecular weight excluding hydrogens is 184 g/mol. The fourth-order valence-electron chi connectivity index (χ4n) is 3.31. The minimum absolute atomic E-state index is 0.428. The van der Waals surface area contributed by atoms with Gasteiger partial charge in [-0.15, -0.1) is 0 Å². The summed E-state index contributed by atoms with van der Waals surface area (Å²) in [6.45, 7) is 8.96. The molecule has 1 nitrogen and oxygen atoms in total. The van der Waals surface area contributed by atoms with Gasteiger partial charge >= 0.3 is 0 Å². The first-order valence-electron chi connectivity index (χ1n) is 6.24.